The second kappa shape index (κ2) is 15.7. The lowest BCUT2D eigenvalue weighted by Gasteiger charge is -2.31. The summed E-state index contributed by atoms with van der Waals surface area (Å²) >= 11 is 0. The van der Waals surface area contributed by atoms with Gasteiger partial charge >= 0.3 is 12.2 Å². The molecule has 2 aromatic heterocycles. The van der Waals surface area contributed by atoms with E-state index in [1.807, 2.05) is 86.2 Å². The third kappa shape index (κ3) is 8.12. The van der Waals surface area contributed by atoms with Crippen LogP contribution in [0.2, 0.25) is 0 Å². The van der Waals surface area contributed by atoms with Crippen LogP contribution in [0.4, 0.5) is 9.59 Å². The van der Waals surface area contributed by atoms with Crippen LogP contribution in [0.15, 0.2) is 48.7 Å². The fraction of sp³-hybridized carbons (Fsp3) is 0.511. The third-order valence-electron chi connectivity index (χ3n) is 13.1. The van der Waals surface area contributed by atoms with E-state index < -0.39 is 24.3 Å². The Morgan fingerprint density at radius 2 is 1.36 bits per heavy atom. The van der Waals surface area contributed by atoms with E-state index in [1.165, 1.54) is 14.2 Å². The predicted octanol–water partition coefficient (Wildman–Crippen LogP) is 6.61. The normalized spacial score (nSPS) is 21.2. The number of alkyl carbamates (subject to hydrolysis) is 2. The maximum Gasteiger partial charge on any atom is 0.407 e. The summed E-state index contributed by atoms with van der Waals surface area (Å²) in [7, 11) is 2.61. The number of imidazole rings is 2. The van der Waals surface area contributed by atoms with E-state index in [1.54, 1.807) is 0 Å². The van der Waals surface area contributed by atoms with Crippen molar-refractivity contribution in [2.45, 2.75) is 96.8 Å². The van der Waals surface area contributed by atoms with Crippen molar-refractivity contribution in [1.29, 1.82) is 0 Å². The number of hydrogen-bond donors (Lipinski definition) is 4. The third-order valence-corrected chi connectivity index (χ3v) is 13.1. The minimum atomic E-state index is -0.696. The highest BCUT2D eigenvalue weighted by Gasteiger charge is 2.56. The number of nitrogens with zero attached hydrogens (tertiary/aromatic N) is 4. The van der Waals surface area contributed by atoms with Crippen LogP contribution >= 0.6 is 0 Å². The minimum absolute atomic E-state index is 0.0580. The topological polar surface area (TPSA) is 175 Å². The number of hydrogen-bond acceptors (Lipinski definition) is 8. The molecule has 2 aliphatic carbocycles. The van der Waals surface area contributed by atoms with E-state index >= 15 is 0 Å². The Kier molecular flexibility index (Phi) is 10.7. The first kappa shape index (κ1) is 40.0. The Labute approximate surface area is 344 Å². The number of benzene rings is 2. The number of aromatic amines is 2. The highest BCUT2D eigenvalue weighted by atomic mass is 16.5. The maximum absolute atomic E-state index is 14.0. The predicted molar refractivity (Wildman–Crippen MR) is 221 cm³/mol. The van der Waals surface area contributed by atoms with Crippen molar-refractivity contribution >= 4 is 35.0 Å². The van der Waals surface area contributed by atoms with Crippen molar-refractivity contribution in [3.8, 4) is 23.1 Å². The summed E-state index contributed by atoms with van der Waals surface area (Å²) in [6, 6.07) is 12.1. The van der Waals surface area contributed by atoms with E-state index in [9.17, 15) is 19.2 Å². The van der Waals surface area contributed by atoms with Crippen molar-refractivity contribution in [2.75, 3.05) is 27.3 Å². The van der Waals surface area contributed by atoms with Crippen LogP contribution in [0.5, 0.6) is 0 Å². The van der Waals surface area contributed by atoms with Gasteiger partial charge in [0.15, 0.2) is 0 Å². The molecule has 2 saturated heterocycles. The molecule has 5 atom stereocenters. The van der Waals surface area contributed by atoms with Crippen molar-refractivity contribution in [2.24, 2.45) is 22.7 Å². The van der Waals surface area contributed by atoms with E-state index in [2.05, 4.69) is 32.4 Å². The average Bonchev–Trinajstić information content (AvgIpc) is 3.85. The second-order valence-corrected chi connectivity index (χ2v) is 17.6. The van der Waals surface area contributed by atoms with Gasteiger partial charge < -0.3 is 39.9 Å². The first-order chi connectivity index (χ1) is 28.3. The van der Waals surface area contributed by atoms with Gasteiger partial charge in [0.05, 0.1) is 49.2 Å². The van der Waals surface area contributed by atoms with Gasteiger partial charge in [-0.1, -0.05) is 58.1 Å². The SMILES string of the molecule is CC[C@@H](C)[C@H](NC(=O)OC)C(=O)N1CC2(CC2)C[C@H]1c1ncc(-c2ccc(C#Cc3ccc4nc([C@@H]5CC6(CC6)CN5C(=O)[C@@H](NC(=O)OC)C(C)C)[nH]c4c3)cc2)[nH]1. The summed E-state index contributed by atoms with van der Waals surface area (Å²) in [4.78, 5) is 72.7. The van der Waals surface area contributed by atoms with Gasteiger partial charge in [0.1, 0.15) is 23.7 Å². The van der Waals surface area contributed by atoms with Crippen molar-refractivity contribution in [3.05, 3.63) is 71.4 Å². The lowest BCUT2D eigenvalue weighted by molar-refractivity contribution is -0.136. The van der Waals surface area contributed by atoms with Crippen LogP contribution in [0.1, 0.15) is 108 Å². The first-order valence-corrected chi connectivity index (χ1v) is 20.8. The van der Waals surface area contributed by atoms with Gasteiger partial charge in [0.25, 0.3) is 0 Å². The molecule has 59 heavy (non-hydrogen) atoms. The van der Waals surface area contributed by atoms with E-state index in [4.69, 9.17) is 19.4 Å². The highest BCUT2D eigenvalue weighted by molar-refractivity contribution is 5.87. The minimum Gasteiger partial charge on any atom is -0.453 e. The molecule has 0 bridgehead atoms. The zero-order valence-electron chi connectivity index (χ0n) is 34.7. The fourth-order valence-electron chi connectivity index (χ4n) is 8.86. The van der Waals surface area contributed by atoms with Gasteiger partial charge in [-0.15, -0.1) is 0 Å². The standard InChI is InChI=1S/C45H54N8O6/c1-7-27(4)37(51-43(57)59-6)41(55)52-24-44(16-17-44)21-34(52)38-46-23-33(49-38)30-13-10-28(11-14-30)8-9-29-12-15-31-32(20-29)48-39(47-31)35-22-45(18-19-45)25-53(35)40(54)36(26(2)3)50-42(56)58-5/h10-15,20,23,26-27,34-37H,7,16-19,21-22,24-25H2,1-6H3,(H,46,49)(H,47,48)(H,50,56)(H,51,57)/t27-,34+,35+,36+,37+/m1/s1. The van der Waals surface area contributed by atoms with E-state index in [-0.39, 0.29) is 46.6 Å². The Bertz CT molecular complexity index is 2310. The number of ether oxygens (including phenoxy) is 2. The number of amides is 4. The smallest absolute Gasteiger partial charge is 0.407 e. The van der Waals surface area contributed by atoms with Crippen LogP contribution in [0.3, 0.4) is 0 Å². The summed E-state index contributed by atoms with van der Waals surface area (Å²) in [5.41, 5.74) is 5.36. The number of carbonyl (C=O) groups is 4. The van der Waals surface area contributed by atoms with Crippen LogP contribution in [0, 0.1) is 34.5 Å². The summed E-state index contributed by atoms with van der Waals surface area (Å²) < 4.78 is 9.66. The molecular formula is C45H54N8O6. The largest absolute Gasteiger partial charge is 0.453 e. The Balaban J connectivity index is 0.958. The molecule has 4 aromatic rings. The number of methoxy groups -OCH3 is 2. The summed E-state index contributed by atoms with van der Waals surface area (Å²) in [6.07, 6.45) is 7.31. The van der Waals surface area contributed by atoms with E-state index in [0.29, 0.717) is 13.1 Å². The molecule has 0 unspecified atom stereocenters. The zero-order valence-corrected chi connectivity index (χ0v) is 34.7. The lowest BCUT2D eigenvalue weighted by Crippen LogP contribution is -2.51. The molecular weight excluding hydrogens is 749 g/mol. The van der Waals surface area contributed by atoms with Crippen LogP contribution in [-0.2, 0) is 19.1 Å². The number of H-pyrrole nitrogens is 2. The molecule has 2 aliphatic heterocycles. The van der Waals surface area contributed by atoms with Crippen LogP contribution < -0.4 is 10.6 Å². The van der Waals surface area contributed by atoms with Gasteiger partial charge in [-0.3, -0.25) is 9.59 Å². The lowest BCUT2D eigenvalue weighted by atomic mass is 9.97. The number of carbonyl (C=O) groups excluding carboxylic acids is 4. The van der Waals surface area contributed by atoms with Crippen molar-refractivity contribution < 1.29 is 28.7 Å². The molecule has 4 heterocycles. The van der Waals surface area contributed by atoms with Gasteiger partial charge in [-0.05, 0) is 97.1 Å². The van der Waals surface area contributed by atoms with Crippen molar-refractivity contribution in [1.82, 2.24) is 40.4 Å². The maximum atomic E-state index is 14.0. The molecule has 8 rings (SSSR count). The molecule has 4 N–H and O–H groups in total. The van der Waals surface area contributed by atoms with Crippen LogP contribution in [0.25, 0.3) is 22.3 Å². The molecule has 14 heteroatoms. The molecule has 4 fully saturated rings. The number of aromatic nitrogens is 4. The molecule has 4 amide bonds. The molecule has 2 spiro atoms. The Hall–Kier alpha value is -5.84. The highest BCUT2D eigenvalue weighted by Crippen LogP contribution is 2.59. The monoisotopic (exact) mass is 802 g/mol. The molecule has 310 valence electrons. The summed E-state index contributed by atoms with van der Waals surface area (Å²) in [6.45, 7) is 9.12. The fourth-order valence-corrected chi connectivity index (χ4v) is 8.86. The van der Waals surface area contributed by atoms with Gasteiger partial charge in [0, 0.05) is 24.2 Å². The number of nitrogens with one attached hydrogen (secondary N) is 4. The van der Waals surface area contributed by atoms with Gasteiger partial charge in [-0.2, -0.15) is 0 Å². The Morgan fingerprint density at radius 1 is 0.797 bits per heavy atom. The number of likely N-dealkylation sites (tertiary alicyclic amines) is 2. The average molecular weight is 803 g/mol. The van der Waals surface area contributed by atoms with Crippen molar-refractivity contribution in [3.63, 3.8) is 0 Å². The molecule has 0 radical (unpaired) electrons. The number of rotatable bonds is 10. The molecule has 2 aromatic carbocycles. The van der Waals surface area contributed by atoms with Gasteiger partial charge in [0.2, 0.25) is 11.8 Å². The van der Waals surface area contributed by atoms with Gasteiger partial charge in [-0.25, -0.2) is 19.6 Å². The second-order valence-electron chi connectivity index (χ2n) is 17.6. The number of fused-ring (bicyclic) bond motifs is 1. The summed E-state index contributed by atoms with van der Waals surface area (Å²) in [5.74, 6) is 7.67. The molecule has 14 nitrogen and oxygen atoms in total. The Morgan fingerprint density at radius 3 is 1.93 bits per heavy atom. The van der Waals surface area contributed by atoms with E-state index in [0.717, 1.165) is 90.0 Å². The zero-order chi connectivity index (χ0) is 41.6. The molecule has 2 saturated carbocycles. The summed E-state index contributed by atoms with van der Waals surface area (Å²) in [5, 5.41) is 5.53. The first-order valence-electron chi connectivity index (χ1n) is 20.8. The quantitative estimate of drug-likeness (QED) is 0.130. The van der Waals surface area contributed by atoms with Crippen LogP contribution in [-0.4, -0.2) is 93.1 Å². The molecule has 4 aliphatic rings.